The minimum absolute atomic E-state index is 1.18. The highest BCUT2D eigenvalue weighted by atomic mass is 32.1. The van der Waals surface area contributed by atoms with Crippen LogP contribution >= 0.6 is 22.7 Å². The third kappa shape index (κ3) is 8.86. The average molecular weight is 1230 g/mol. The van der Waals surface area contributed by atoms with E-state index in [1.165, 1.54) is 194 Å². The fraction of sp³-hybridized carbons (Fsp3) is 0. The number of benzene rings is 17. The maximum atomic E-state index is 2.49. The summed E-state index contributed by atoms with van der Waals surface area (Å²) in [5, 5.41) is 17.6. The van der Waals surface area contributed by atoms with Gasteiger partial charge >= 0.3 is 0 Å². The van der Waals surface area contributed by atoms with E-state index in [1.807, 2.05) is 22.7 Å². The predicted molar refractivity (Wildman–Crippen MR) is 409 cm³/mol. The minimum atomic E-state index is 1.18. The summed E-state index contributed by atoms with van der Waals surface area (Å²) in [6.45, 7) is 0. The number of fused-ring (bicyclic) bond motifs is 11. The molecule has 0 nitrogen and oxygen atoms in total. The van der Waals surface area contributed by atoms with Gasteiger partial charge in [-0.05, 0) is 203 Å². The van der Waals surface area contributed by atoms with Crippen LogP contribution in [-0.4, -0.2) is 0 Å². The lowest BCUT2D eigenvalue weighted by Crippen LogP contribution is -1.92. The van der Waals surface area contributed by atoms with Gasteiger partial charge in [-0.3, -0.25) is 0 Å². The number of thiophene rings is 2. The first-order valence-electron chi connectivity index (χ1n) is 32.4. The Balaban J connectivity index is 0.709. The van der Waals surface area contributed by atoms with Crippen molar-refractivity contribution >= 4 is 117 Å². The standard InChI is InChI=1S/C92H56S2/c1-3-21-57(22-4-1)58-41-45-61(46-42-58)86-71-29-7-13-35-77(71)89(78-36-14-8-30-72(78)86)82-55-69(56-85-90(82)79-37-15-17-39-83(79)93-85)66-48-44-59-43-47-65(53-68(59)54-66)63-26-19-25-62(51-63)64-27-20-28-67(52-64)87-73-31-9-11-33-75(73)88(76-34-12-10-32-74(76)87)81-50-49-70(60-23-5-2-6-24-60)92-91(81)80-38-16-18-40-84(80)94-92/h1-56H. The largest absolute Gasteiger partial charge is 0.135 e. The molecule has 0 atom stereocenters. The summed E-state index contributed by atoms with van der Waals surface area (Å²) in [7, 11) is 0. The highest BCUT2D eigenvalue weighted by Crippen LogP contribution is 2.53. The summed E-state index contributed by atoms with van der Waals surface area (Å²) in [5.41, 5.74) is 22.1. The molecule has 94 heavy (non-hydrogen) atoms. The molecule has 0 saturated carbocycles. The van der Waals surface area contributed by atoms with Gasteiger partial charge in [0.05, 0.1) is 0 Å². The topological polar surface area (TPSA) is 0 Å². The van der Waals surface area contributed by atoms with Gasteiger partial charge in [-0.25, -0.2) is 0 Å². The zero-order chi connectivity index (χ0) is 61.8. The molecule has 0 fully saturated rings. The quantitative estimate of drug-likeness (QED) is 0.126. The second-order valence-corrected chi connectivity index (χ2v) is 27.0. The third-order valence-electron chi connectivity index (χ3n) is 19.6. The van der Waals surface area contributed by atoms with Crippen LogP contribution in [0.4, 0.5) is 0 Å². The van der Waals surface area contributed by atoms with Gasteiger partial charge in [-0.2, -0.15) is 0 Å². The fourth-order valence-corrected chi connectivity index (χ4v) is 17.8. The maximum Gasteiger partial charge on any atom is 0.0440 e. The van der Waals surface area contributed by atoms with Crippen molar-refractivity contribution in [2.45, 2.75) is 0 Å². The lowest BCUT2D eigenvalue weighted by atomic mass is 9.84. The smallest absolute Gasteiger partial charge is 0.0440 e. The molecule has 19 rings (SSSR count). The van der Waals surface area contributed by atoms with Crippen LogP contribution in [-0.2, 0) is 0 Å². The summed E-state index contributed by atoms with van der Waals surface area (Å²) in [4.78, 5) is 0. The Labute approximate surface area is 552 Å². The number of rotatable bonds is 9. The number of hydrogen-bond donors (Lipinski definition) is 0. The SMILES string of the molecule is c1ccc(-c2ccc(-c3c4ccccc4c(-c4cc(-c5ccc6ccc(-c7cccc(-c8cccc(-c9c%10ccccc%10c(-c%10ccc(-c%11ccccc%11)c%11sc%12ccccc%12c%10%11)c%10ccccc9%10)c8)c7)cc6c5)cc5sc6ccccc6c45)c4ccccc34)cc2)cc1. The normalized spacial score (nSPS) is 11.8. The first kappa shape index (κ1) is 54.2. The molecular formula is C92H56S2. The van der Waals surface area contributed by atoms with Crippen molar-refractivity contribution in [1.82, 2.24) is 0 Å². The van der Waals surface area contributed by atoms with Crippen LogP contribution in [0, 0.1) is 0 Å². The van der Waals surface area contributed by atoms with E-state index in [4.69, 9.17) is 0 Å². The van der Waals surface area contributed by atoms with Gasteiger partial charge in [-0.1, -0.05) is 291 Å². The molecule has 436 valence electrons. The third-order valence-corrected chi connectivity index (χ3v) is 21.9. The molecule has 2 heteroatoms. The summed E-state index contributed by atoms with van der Waals surface area (Å²) in [6.07, 6.45) is 0. The van der Waals surface area contributed by atoms with Crippen molar-refractivity contribution in [3.8, 4) is 100 Å². The van der Waals surface area contributed by atoms with E-state index in [2.05, 4.69) is 340 Å². The Hall–Kier alpha value is -11.5. The van der Waals surface area contributed by atoms with Crippen LogP contribution in [0.3, 0.4) is 0 Å². The molecule has 0 N–H and O–H groups in total. The summed E-state index contributed by atoms with van der Waals surface area (Å²) >= 11 is 3.79. The van der Waals surface area contributed by atoms with E-state index in [0.29, 0.717) is 0 Å². The van der Waals surface area contributed by atoms with Crippen molar-refractivity contribution in [2.75, 3.05) is 0 Å². The molecule has 2 heterocycles. The van der Waals surface area contributed by atoms with Crippen LogP contribution < -0.4 is 0 Å². The van der Waals surface area contributed by atoms with E-state index < -0.39 is 0 Å². The molecule has 0 aliphatic heterocycles. The van der Waals surface area contributed by atoms with Crippen LogP contribution in [0.2, 0.25) is 0 Å². The minimum Gasteiger partial charge on any atom is -0.135 e. The summed E-state index contributed by atoms with van der Waals surface area (Å²) < 4.78 is 5.21. The summed E-state index contributed by atoms with van der Waals surface area (Å²) in [5.74, 6) is 0. The van der Waals surface area contributed by atoms with E-state index >= 15 is 0 Å². The van der Waals surface area contributed by atoms with Gasteiger partial charge in [0, 0.05) is 40.3 Å². The van der Waals surface area contributed by atoms with Gasteiger partial charge in [-0.15, -0.1) is 22.7 Å². The van der Waals surface area contributed by atoms with Gasteiger partial charge in [0.1, 0.15) is 0 Å². The molecule has 0 saturated heterocycles. The first-order chi connectivity index (χ1) is 46.6. The van der Waals surface area contributed by atoms with Gasteiger partial charge in [0.25, 0.3) is 0 Å². The Morgan fingerprint density at radius 2 is 0.532 bits per heavy atom. The van der Waals surface area contributed by atoms with Crippen LogP contribution in [0.1, 0.15) is 0 Å². The van der Waals surface area contributed by atoms with Gasteiger partial charge in [0.15, 0.2) is 0 Å². The molecule has 0 amide bonds. The molecule has 0 aliphatic rings. The maximum absolute atomic E-state index is 2.49. The molecule has 0 unspecified atom stereocenters. The zero-order valence-electron chi connectivity index (χ0n) is 51.1. The lowest BCUT2D eigenvalue weighted by Gasteiger charge is -2.19. The fourth-order valence-electron chi connectivity index (χ4n) is 15.4. The van der Waals surface area contributed by atoms with E-state index in [1.54, 1.807) is 0 Å². The van der Waals surface area contributed by atoms with Crippen LogP contribution in [0.25, 0.3) is 194 Å². The molecule has 19 aromatic rings. The highest BCUT2D eigenvalue weighted by molar-refractivity contribution is 7.26. The molecule has 0 bridgehead atoms. The van der Waals surface area contributed by atoms with Crippen molar-refractivity contribution in [3.05, 3.63) is 340 Å². The second kappa shape index (κ2) is 22.1. The van der Waals surface area contributed by atoms with Crippen molar-refractivity contribution in [2.24, 2.45) is 0 Å². The molecule has 0 radical (unpaired) electrons. The first-order valence-corrected chi connectivity index (χ1v) is 34.0. The number of hydrogen-bond acceptors (Lipinski definition) is 2. The molecule has 17 aromatic carbocycles. The molecule has 2 aromatic heterocycles. The van der Waals surface area contributed by atoms with E-state index in [0.717, 1.165) is 0 Å². The van der Waals surface area contributed by atoms with Crippen molar-refractivity contribution < 1.29 is 0 Å². The Morgan fingerprint density at radius 3 is 1.10 bits per heavy atom. The zero-order valence-corrected chi connectivity index (χ0v) is 52.8. The van der Waals surface area contributed by atoms with Crippen molar-refractivity contribution in [1.29, 1.82) is 0 Å². The Bertz CT molecular complexity index is 6150. The monoisotopic (exact) mass is 1220 g/mol. The van der Waals surface area contributed by atoms with E-state index in [9.17, 15) is 0 Å². The van der Waals surface area contributed by atoms with E-state index in [-0.39, 0.29) is 0 Å². The Kier molecular flexibility index (Phi) is 12.8. The van der Waals surface area contributed by atoms with Crippen molar-refractivity contribution in [3.63, 3.8) is 0 Å². The molecular weight excluding hydrogens is 1170 g/mol. The van der Waals surface area contributed by atoms with Crippen LogP contribution in [0.15, 0.2) is 340 Å². The predicted octanol–water partition coefficient (Wildman–Crippen LogP) is 27.2. The van der Waals surface area contributed by atoms with Gasteiger partial charge < -0.3 is 0 Å². The Morgan fingerprint density at radius 1 is 0.160 bits per heavy atom. The summed E-state index contributed by atoms with van der Waals surface area (Å²) in [6, 6.07) is 127. The van der Waals surface area contributed by atoms with Crippen LogP contribution in [0.5, 0.6) is 0 Å². The highest BCUT2D eigenvalue weighted by Gasteiger charge is 2.24. The molecule has 0 aliphatic carbocycles. The molecule has 0 spiro atoms. The average Bonchev–Trinajstić information content (AvgIpc) is 1.29. The lowest BCUT2D eigenvalue weighted by molar-refractivity contribution is 1.59. The van der Waals surface area contributed by atoms with Gasteiger partial charge in [0.2, 0.25) is 0 Å². The second-order valence-electron chi connectivity index (χ2n) is 24.9.